The van der Waals surface area contributed by atoms with E-state index < -0.39 is 23.1 Å². The molecule has 1 fully saturated rings. The number of aromatic nitrogens is 3. The van der Waals surface area contributed by atoms with E-state index in [4.69, 9.17) is 5.73 Å². The Bertz CT molecular complexity index is 1140. The second kappa shape index (κ2) is 8.47. The molecule has 8 nitrogen and oxygen atoms in total. The van der Waals surface area contributed by atoms with E-state index in [1.54, 1.807) is 18.7 Å². The molecule has 4 N–H and O–H groups in total. The van der Waals surface area contributed by atoms with Crippen molar-refractivity contribution in [2.24, 2.45) is 7.05 Å². The Labute approximate surface area is 187 Å². The Hall–Kier alpha value is -3.05. The number of nitrogen functional groups attached to an aromatic ring is 1. The van der Waals surface area contributed by atoms with Crippen molar-refractivity contribution in [1.82, 2.24) is 14.8 Å². The van der Waals surface area contributed by atoms with Crippen molar-refractivity contribution in [2.45, 2.75) is 31.8 Å². The predicted molar refractivity (Wildman–Crippen MR) is 120 cm³/mol. The van der Waals surface area contributed by atoms with Crippen molar-refractivity contribution < 1.29 is 18.7 Å². The SMILES string of the molecule is Cn1ncc(NC(=O)c2nc(-c3c(F)cccc3F)sc2N)c1N1CCCC[C@](C)(O)C1. The number of aryl methyl sites for hydroxylation is 1. The lowest BCUT2D eigenvalue weighted by Crippen LogP contribution is -2.40. The van der Waals surface area contributed by atoms with Gasteiger partial charge in [-0.3, -0.25) is 9.48 Å². The van der Waals surface area contributed by atoms with Crippen LogP contribution in [0.15, 0.2) is 24.4 Å². The number of rotatable bonds is 4. The molecule has 4 rings (SSSR count). The number of aliphatic hydroxyl groups is 1. The lowest BCUT2D eigenvalue weighted by molar-refractivity contribution is 0.0611. The average Bonchev–Trinajstić information content (AvgIpc) is 3.20. The molecule has 1 amide bonds. The third kappa shape index (κ3) is 4.30. The Balaban J connectivity index is 1.62. The summed E-state index contributed by atoms with van der Waals surface area (Å²) in [6, 6.07) is 3.49. The molecule has 1 atom stereocenters. The molecular weight excluding hydrogens is 438 g/mol. The number of anilines is 3. The maximum Gasteiger partial charge on any atom is 0.277 e. The highest BCUT2D eigenvalue weighted by molar-refractivity contribution is 7.19. The summed E-state index contributed by atoms with van der Waals surface area (Å²) in [7, 11) is 1.75. The molecule has 1 saturated heterocycles. The number of hydrogen-bond donors (Lipinski definition) is 3. The zero-order valence-electron chi connectivity index (χ0n) is 17.7. The smallest absolute Gasteiger partial charge is 0.277 e. The van der Waals surface area contributed by atoms with E-state index in [0.29, 0.717) is 31.0 Å². The van der Waals surface area contributed by atoms with Gasteiger partial charge in [0.05, 0.1) is 17.4 Å². The van der Waals surface area contributed by atoms with Crippen LogP contribution in [-0.2, 0) is 7.05 Å². The van der Waals surface area contributed by atoms with E-state index in [1.807, 2.05) is 4.90 Å². The van der Waals surface area contributed by atoms with Gasteiger partial charge in [0, 0.05) is 20.1 Å². The van der Waals surface area contributed by atoms with Gasteiger partial charge < -0.3 is 21.1 Å². The first kappa shape index (κ1) is 22.2. The van der Waals surface area contributed by atoms with Crippen LogP contribution >= 0.6 is 11.3 Å². The molecule has 0 aliphatic carbocycles. The Morgan fingerprint density at radius 3 is 2.75 bits per heavy atom. The molecule has 0 bridgehead atoms. The summed E-state index contributed by atoms with van der Waals surface area (Å²) in [6.07, 6.45) is 3.99. The molecule has 0 unspecified atom stereocenters. The summed E-state index contributed by atoms with van der Waals surface area (Å²) >= 11 is 0.836. The number of β-amino-alcohol motifs (C(OH)–C–C–N with tert-alkyl or cyclic N) is 1. The lowest BCUT2D eigenvalue weighted by Gasteiger charge is -2.30. The van der Waals surface area contributed by atoms with Gasteiger partial charge in [0.15, 0.2) is 11.5 Å². The number of halogens is 2. The topological polar surface area (TPSA) is 109 Å². The van der Waals surface area contributed by atoms with E-state index in [-0.39, 0.29) is 21.3 Å². The van der Waals surface area contributed by atoms with Crippen LogP contribution in [0.1, 0.15) is 36.7 Å². The van der Waals surface area contributed by atoms with Crippen molar-refractivity contribution in [3.63, 3.8) is 0 Å². The monoisotopic (exact) mass is 462 g/mol. The van der Waals surface area contributed by atoms with Crippen LogP contribution in [0.2, 0.25) is 0 Å². The first-order chi connectivity index (χ1) is 15.2. The van der Waals surface area contributed by atoms with Gasteiger partial charge in [0.25, 0.3) is 5.91 Å². The number of amides is 1. The van der Waals surface area contributed by atoms with Gasteiger partial charge in [-0.25, -0.2) is 13.8 Å². The van der Waals surface area contributed by atoms with Crippen LogP contribution in [0, 0.1) is 11.6 Å². The maximum atomic E-state index is 14.1. The van der Waals surface area contributed by atoms with Crippen LogP contribution in [0.3, 0.4) is 0 Å². The van der Waals surface area contributed by atoms with Crippen molar-refractivity contribution in [3.05, 3.63) is 41.7 Å². The van der Waals surface area contributed by atoms with Crippen molar-refractivity contribution in [3.8, 4) is 10.6 Å². The summed E-state index contributed by atoms with van der Waals surface area (Å²) in [5, 5.41) is 17.6. The summed E-state index contributed by atoms with van der Waals surface area (Å²) in [4.78, 5) is 19.0. The quantitative estimate of drug-likeness (QED) is 0.548. The number of carbonyl (C=O) groups excluding carboxylic acids is 1. The van der Waals surface area contributed by atoms with E-state index in [1.165, 1.54) is 12.3 Å². The highest BCUT2D eigenvalue weighted by Gasteiger charge is 2.30. The summed E-state index contributed by atoms with van der Waals surface area (Å²) in [6.45, 7) is 2.89. The molecule has 32 heavy (non-hydrogen) atoms. The molecule has 3 heterocycles. The molecule has 2 aromatic heterocycles. The molecule has 0 saturated carbocycles. The first-order valence-corrected chi connectivity index (χ1v) is 11.0. The molecule has 170 valence electrons. The van der Waals surface area contributed by atoms with Crippen molar-refractivity contribution in [1.29, 1.82) is 0 Å². The highest BCUT2D eigenvalue weighted by atomic mass is 32.1. The highest BCUT2D eigenvalue weighted by Crippen LogP contribution is 2.35. The Kier molecular flexibility index (Phi) is 5.87. The lowest BCUT2D eigenvalue weighted by atomic mass is 10.0. The van der Waals surface area contributed by atoms with Crippen LogP contribution in [0.5, 0.6) is 0 Å². The Morgan fingerprint density at radius 1 is 1.31 bits per heavy atom. The third-order valence-corrected chi connectivity index (χ3v) is 6.33. The average molecular weight is 463 g/mol. The predicted octanol–water partition coefficient (Wildman–Crippen LogP) is 3.40. The number of nitrogens with two attached hydrogens (primary N) is 1. The molecule has 1 aliphatic rings. The molecule has 1 aromatic carbocycles. The van der Waals surface area contributed by atoms with Gasteiger partial charge in [-0.2, -0.15) is 5.10 Å². The minimum atomic E-state index is -0.861. The zero-order valence-corrected chi connectivity index (χ0v) is 18.5. The van der Waals surface area contributed by atoms with Gasteiger partial charge in [-0.1, -0.05) is 17.4 Å². The third-order valence-electron chi connectivity index (χ3n) is 5.43. The van der Waals surface area contributed by atoms with Gasteiger partial charge >= 0.3 is 0 Å². The van der Waals surface area contributed by atoms with Crippen LogP contribution in [0.4, 0.5) is 25.3 Å². The minimum absolute atomic E-state index is 0.0155. The van der Waals surface area contributed by atoms with Crippen molar-refractivity contribution in [2.75, 3.05) is 29.0 Å². The van der Waals surface area contributed by atoms with Crippen LogP contribution in [-0.4, -0.2) is 44.5 Å². The maximum absolute atomic E-state index is 14.1. The number of carbonyl (C=O) groups is 1. The molecule has 0 spiro atoms. The minimum Gasteiger partial charge on any atom is -0.389 e. The second-order valence-electron chi connectivity index (χ2n) is 8.16. The molecule has 3 aromatic rings. The number of nitrogens with one attached hydrogen (secondary N) is 1. The van der Waals surface area contributed by atoms with Crippen LogP contribution in [0.25, 0.3) is 10.6 Å². The van der Waals surface area contributed by atoms with Gasteiger partial charge in [0.2, 0.25) is 0 Å². The van der Waals surface area contributed by atoms with E-state index >= 15 is 0 Å². The molecule has 11 heteroatoms. The molecule has 0 radical (unpaired) electrons. The normalized spacial score (nSPS) is 19.1. The van der Waals surface area contributed by atoms with E-state index in [2.05, 4.69) is 15.4 Å². The van der Waals surface area contributed by atoms with E-state index in [0.717, 1.165) is 36.3 Å². The standard InChI is InChI=1S/C21H24F2N6O2S/c1-21(31)8-3-4-9-29(11-21)20-14(10-25-28(20)2)26-18(30)16-17(24)32-19(27-16)15-12(22)6-5-7-13(15)23/h5-7,10,31H,3-4,8-9,11,24H2,1-2H3,(H,26,30)/t21-/m0/s1. The van der Waals surface area contributed by atoms with Gasteiger partial charge in [-0.15, -0.1) is 0 Å². The fraction of sp³-hybridized carbons (Fsp3) is 0.381. The summed E-state index contributed by atoms with van der Waals surface area (Å²) in [5.74, 6) is -1.53. The van der Waals surface area contributed by atoms with Crippen LogP contribution < -0.4 is 16.0 Å². The fourth-order valence-electron chi connectivity index (χ4n) is 3.94. The van der Waals surface area contributed by atoms with Gasteiger partial charge in [-0.05, 0) is 38.3 Å². The second-order valence-corrected chi connectivity index (χ2v) is 9.19. The van der Waals surface area contributed by atoms with Gasteiger partial charge in [0.1, 0.15) is 27.3 Å². The number of hydrogen-bond acceptors (Lipinski definition) is 7. The number of nitrogens with zero attached hydrogens (tertiary/aromatic N) is 4. The van der Waals surface area contributed by atoms with Crippen molar-refractivity contribution >= 4 is 33.8 Å². The first-order valence-electron chi connectivity index (χ1n) is 10.2. The molecular formula is C21H24F2N6O2S. The number of benzene rings is 1. The summed E-state index contributed by atoms with van der Waals surface area (Å²) < 4.78 is 29.9. The number of thiazole rings is 1. The molecule has 1 aliphatic heterocycles. The Morgan fingerprint density at radius 2 is 2.03 bits per heavy atom. The fourth-order valence-corrected chi connectivity index (χ4v) is 4.82. The summed E-state index contributed by atoms with van der Waals surface area (Å²) in [5.41, 5.74) is 5.09. The largest absolute Gasteiger partial charge is 0.389 e. The zero-order chi connectivity index (χ0) is 23.0. The van der Waals surface area contributed by atoms with E-state index in [9.17, 15) is 18.7 Å².